The van der Waals surface area contributed by atoms with Gasteiger partial charge in [-0.2, -0.15) is 0 Å². The number of hydrogen-bond donors (Lipinski definition) is 0. The summed E-state index contributed by atoms with van der Waals surface area (Å²) in [4.78, 5) is 20.7. The van der Waals surface area contributed by atoms with Crippen molar-refractivity contribution in [2.45, 2.75) is 0 Å². The average Bonchev–Trinajstić information content (AvgIpc) is 1.96. The van der Waals surface area contributed by atoms with Crippen LogP contribution in [0.3, 0.4) is 0 Å². The van der Waals surface area contributed by atoms with E-state index in [0.29, 0.717) is 3.57 Å². The van der Waals surface area contributed by atoms with Crippen LogP contribution in [0.4, 0.5) is 5.69 Å². The summed E-state index contributed by atoms with van der Waals surface area (Å²) in [5.74, 6) is 0. The lowest BCUT2D eigenvalue weighted by Gasteiger charge is -1.97. The Balaban J connectivity index is 3.49. The molecular formula is C6H5IN2O3. The zero-order valence-corrected chi connectivity index (χ0v) is 8.31. The van der Waals surface area contributed by atoms with Gasteiger partial charge in [0.1, 0.15) is 0 Å². The minimum Gasteiger partial charge on any atom is -0.312 e. The standard InChI is InChI=1S/C6H5IN2O3/c1-8-3-4(7)2-5(6(8)10)9(11)12/h2-3H,1H3. The van der Waals surface area contributed by atoms with Crippen molar-refractivity contribution in [2.24, 2.45) is 7.05 Å². The Labute approximate surface area is 81.3 Å². The van der Waals surface area contributed by atoms with Crippen LogP contribution >= 0.6 is 22.6 Å². The summed E-state index contributed by atoms with van der Waals surface area (Å²) in [5.41, 5.74) is -0.968. The maximum Gasteiger partial charge on any atom is 0.335 e. The van der Waals surface area contributed by atoms with Crippen LogP contribution in [0.1, 0.15) is 0 Å². The van der Waals surface area contributed by atoms with Crippen molar-refractivity contribution in [3.05, 3.63) is 36.3 Å². The largest absolute Gasteiger partial charge is 0.335 e. The molecule has 0 spiro atoms. The number of rotatable bonds is 1. The van der Waals surface area contributed by atoms with Crippen LogP contribution in [0, 0.1) is 13.7 Å². The lowest BCUT2D eigenvalue weighted by atomic mass is 10.4. The van der Waals surface area contributed by atoms with E-state index >= 15 is 0 Å². The fraction of sp³-hybridized carbons (Fsp3) is 0.167. The minimum atomic E-state index is -0.676. The SMILES string of the molecule is Cn1cc(I)cc([N+](=O)[O-])c1=O. The number of aromatic nitrogens is 1. The molecule has 0 N–H and O–H groups in total. The average molecular weight is 280 g/mol. The van der Waals surface area contributed by atoms with Crippen molar-refractivity contribution in [3.63, 3.8) is 0 Å². The normalized spacial score (nSPS) is 9.83. The fourth-order valence-corrected chi connectivity index (χ4v) is 1.50. The molecule has 0 aliphatic rings. The molecule has 0 unspecified atom stereocenters. The van der Waals surface area contributed by atoms with Crippen LogP contribution in [0.2, 0.25) is 0 Å². The van der Waals surface area contributed by atoms with Crippen molar-refractivity contribution in [3.8, 4) is 0 Å². The zero-order valence-electron chi connectivity index (χ0n) is 6.15. The van der Waals surface area contributed by atoms with Crippen LogP contribution in [0.15, 0.2) is 17.1 Å². The van der Waals surface area contributed by atoms with Crippen molar-refractivity contribution in [1.82, 2.24) is 4.57 Å². The van der Waals surface area contributed by atoms with Crippen LogP contribution in [0.25, 0.3) is 0 Å². The summed E-state index contributed by atoms with van der Waals surface area (Å²) < 4.78 is 1.86. The maximum atomic E-state index is 11.1. The van der Waals surface area contributed by atoms with E-state index in [-0.39, 0.29) is 5.69 Å². The first-order chi connectivity index (χ1) is 5.52. The Hall–Kier alpha value is -0.920. The van der Waals surface area contributed by atoms with Crippen LogP contribution < -0.4 is 5.56 Å². The highest BCUT2D eigenvalue weighted by Gasteiger charge is 2.13. The van der Waals surface area contributed by atoms with Crippen molar-refractivity contribution < 1.29 is 4.92 Å². The molecule has 1 aromatic heterocycles. The van der Waals surface area contributed by atoms with Gasteiger partial charge in [-0.25, -0.2) is 0 Å². The van der Waals surface area contributed by atoms with Gasteiger partial charge in [-0.15, -0.1) is 0 Å². The molecule has 0 saturated heterocycles. The van der Waals surface area contributed by atoms with E-state index in [2.05, 4.69) is 0 Å². The minimum absolute atomic E-state index is 0.385. The predicted octanol–water partition coefficient (Wildman–Crippen LogP) is 0.898. The van der Waals surface area contributed by atoms with Gasteiger partial charge in [0.25, 0.3) is 0 Å². The Bertz CT molecular complexity index is 385. The highest BCUT2D eigenvalue weighted by Crippen LogP contribution is 2.08. The van der Waals surface area contributed by atoms with E-state index in [9.17, 15) is 14.9 Å². The molecule has 0 aliphatic carbocycles. The van der Waals surface area contributed by atoms with E-state index in [0.717, 1.165) is 0 Å². The molecular weight excluding hydrogens is 275 g/mol. The second-order valence-corrected chi connectivity index (χ2v) is 3.46. The van der Waals surface area contributed by atoms with Gasteiger partial charge in [-0.3, -0.25) is 14.9 Å². The highest BCUT2D eigenvalue weighted by molar-refractivity contribution is 14.1. The Kier molecular flexibility index (Phi) is 2.46. The lowest BCUT2D eigenvalue weighted by Crippen LogP contribution is -2.19. The molecule has 12 heavy (non-hydrogen) atoms. The van der Waals surface area contributed by atoms with Gasteiger partial charge >= 0.3 is 11.2 Å². The second-order valence-electron chi connectivity index (χ2n) is 2.22. The van der Waals surface area contributed by atoms with Gasteiger partial charge < -0.3 is 4.57 Å². The van der Waals surface area contributed by atoms with Crippen molar-refractivity contribution >= 4 is 28.3 Å². The lowest BCUT2D eigenvalue weighted by molar-refractivity contribution is -0.386. The number of pyridine rings is 1. The number of nitrogens with zero attached hydrogens (tertiary/aromatic N) is 2. The molecule has 1 heterocycles. The molecule has 0 amide bonds. The summed E-state index contributed by atoms with van der Waals surface area (Å²) in [6, 6.07) is 1.25. The maximum absolute atomic E-state index is 11.1. The van der Waals surface area contributed by atoms with Crippen molar-refractivity contribution in [1.29, 1.82) is 0 Å². The Morgan fingerprint density at radius 3 is 2.75 bits per heavy atom. The molecule has 5 nitrogen and oxygen atoms in total. The Morgan fingerprint density at radius 1 is 1.67 bits per heavy atom. The number of aryl methyl sites for hydroxylation is 1. The summed E-state index contributed by atoms with van der Waals surface area (Å²) in [6.45, 7) is 0. The molecule has 0 atom stereocenters. The first kappa shape index (κ1) is 9.17. The zero-order chi connectivity index (χ0) is 9.30. The predicted molar refractivity (Wildman–Crippen MR) is 51.1 cm³/mol. The van der Waals surface area contributed by atoms with Gasteiger partial charge in [0.2, 0.25) is 0 Å². The first-order valence-electron chi connectivity index (χ1n) is 3.03. The molecule has 6 heteroatoms. The fourth-order valence-electron chi connectivity index (χ4n) is 0.785. The molecule has 0 fully saturated rings. The van der Waals surface area contributed by atoms with Crippen LogP contribution in [0.5, 0.6) is 0 Å². The smallest absolute Gasteiger partial charge is 0.312 e. The van der Waals surface area contributed by atoms with Gasteiger partial charge in [0.15, 0.2) is 0 Å². The number of hydrogen-bond acceptors (Lipinski definition) is 3. The van der Waals surface area contributed by atoms with E-state index in [1.165, 1.54) is 23.9 Å². The summed E-state index contributed by atoms with van der Waals surface area (Å²) in [7, 11) is 1.48. The van der Waals surface area contributed by atoms with Crippen LogP contribution in [-0.4, -0.2) is 9.49 Å². The van der Waals surface area contributed by atoms with E-state index < -0.39 is 10.5 Å². The third-order valence-corrected chi connectivity index (χ3v) is 1.92. The molecule has 0 aromatic carbocycles. The van der Waals surface area contributed by atoms with Gasteiger partial charge in [0, 0.05) is 22.9 Å². The van der Waals surface area contributed by atoms with Gasteiger partial charge in [0.05, 0.1) is 4.92 Å². The van der Waals surface area contributed by atoms with E-state index in [4.69, 9.17) is 0 Å². The van der Waals surface area contributed by atoms with Crippen LogP contribution in [-0.2, 0) is 7.05 Å². The third kappa shape index (κ3) is 1.63. The summed E-state index contributed by atoms with van der Waals surface area (Å²) in [5, 5.41) is 10.3. The molecule has 1 aromatic rings. The summed E-state index contributed by atoms with van der Waals surface area (Å²) in [6.07, 6.45) is 1.54. The molecule has 0 radical (unpaired) electrons. The third-order valence-electron chi connectivity index (χ3n) is 1.33. The molecule has 1 rings (SSSR count). The quantitative estimate of drug-likeness (QED) is 0.436. The topological polar surface area (TPSA) is 65.1 Å². The first-order valence-corrected chi connectivity index (χ1v) is 4.11. The molecule has 64 valence electrons. The highest BCUT2D eigenvalue weighted by atomic mass is 127. The van der Waals surface area contributed by atoms with Crippen molar-refractivity contribution in [2.75, 3.05) is 0 Å². The Morgan fingerprint density at radius 2 is 2.25 bits per heavy atom. The van der Waals surface area contributed by atoms with Gasteiger partial charge in [-0.1, -0.05) is 0 Å². The molecule has 0 bridgehead atoms. The molecule has 0 saturated carbocycles. The number of halogens is 1. The second kappa shape index (κ2) is 3.21. The monoisotopic (exact) mass is 280 g/mol. The van der Waals surface area contributed by atoms with E-state index in [1.807, 2.05) is 22.6 Å². The van der Waals surface area contributed by atoms with E-state index in [1.54, 1.807) is 0 Å². The summed E-state index contributed by atoms with van der Waals surface area (Å²) >= 11 is 1.92. The molecule has 0 aliphatic heterocycles. The van der Waals surface area contributed by atoms with Gasteiger partial charge in [-0.05, 0) is 22.6 Å². The number of nitro groups is 1.